The minimum atomic E-state index is -3.51. The van der Waals surface area contributed by atoms with Gasteiger partial charge in [-0.3, -0.25) is 4.90 Å². The zero-order valence-electron chi connectivity index (χ0n) is 13.2. The SMILES string of the molecule is O=S(=O)(c1ccccc1)N1Cc2nc(CN3CCOCC3)oc2C1. The van der Waals surface area contributed by atoms with Crippen LogP contribution in [0.3, 0.4) is 0 Å². The largest absolute Gasteiger partial charge is 0.443 e. The molecule has 1 fully saturated rings. The Labute approximate surface area is 140 Å². The first-order valence-corrected chi connectivity index (χ1v) is 9.40. The maximum absolute atomic E-state index is 12.6. The summed E-state index contributed by atoms with van der Waals surface area (Å²) in [4.78, 5) is 7.01. The van der Waals surface area contributed by atoms with Crippen molar-refractivity contribution in [3.63, 3.8) is 0 Å². The molecule has 1 aromatic carbocycles. The van der Waals surface area contributed by atoms with E-state index in [1.807, 2.05) is 0 Å². The van der Waals surface area contributed by atoms with Gasteiger partial charge < -0.3 is 9.15 Å². The normalized spacial score (nSPS) is 19.5. The van der Waals surface area contributed by atoms with Crippen molar-refractivity contribution in [2.24, 2.45) is 0 Å². The molecule has 24 heavy (non-hydrogen) atoms. The minimum Gasteiger partial charge on any atom is -0.443 e. The minimum absolute atomic E-state index is 0.239. The van der Waals surface area contributed by atoms with Crippen molar-refractivity contribution >= 4 is 10.0 Å². The third-order valence-electron chi connectivity index (χ3n) is 4.31. The fraction of sp³-hybridized carbons (Fsp3) is 0.438. The van der Waals surface area contributed by atoms with Crippen LogP contribution in [0.15, 0.2) is 39.6 Å². The number of rotatable bonds is 4. The zero-order valence-corrected chi connectivity index (χ0v) is 14.0. The van der Waals surface area contributed by atoms with Gasteiger partial charge >= 0.3 is 0 Å². The van der Waals surface area contributed by atoms with E-state index in [1.54, 1.807) is 30.3 Å². The highest BCUT2D eigenvalue weighted by Gasteiger charge is 2.34. The number of fused-ring (bicyclic) bond motifs is 1. The van der Waals surface area contributed by atoms with Crippen LogP contribution in [-0.4, -0.2) is 48.9 Å². The van der Waals surface area contributed by atoms with Gasteiger partial charge in [-0.15, -0.1) is 0 Å². The Morgan fingerprint density at radius 2 is 1.83 bits per heavy atom. The molecule has 0 aliphatic carbocycles. The van der Waals surface area contributed by atoms with Crippen LogP contribution in [0.2, 0.25) is 0 Å². The molecule has 128 valence electrons. The monoisotopic (exact) mass is 349 g/mol. The molecular formula is C16H19N3O4S. The van der Waals surface area contributed by atoms with Gasteiger partial charge in [0.05, 0.1) is 43.4 Å². The molecular weight excluding hydrogens is 330 g/mol. The number of oxazole rings is 1. The fourth-order valence-electron chi connectivity index (χ4n) is 3.00. The van der Waals surface area contributed by atoms with Crippen LogP contribution in [0.4, 0.5) is 0 Å². The molecule has 2 aromatic rings. The standard InChI is InChI=1S/C16H19N3O4S/c20-24(21,13-4-2-1-3-5-13)19-10-14-15(11-19)23-16(17-14)12-18-6-8-22-9-7-18/h1-5H,6-12H2. The first-order valence-electron chi connectivity index (χ1n) is 7.96. The topological polar surface area (TPSA) is 75.9 Å². The lowest BCUT2D eigenvalue weighted by Gasteiger charge is -2.25. The molecule has 7 nitrogen and oxygen atoms in total. The molecule has 4 rings (SSSR count). The van der Waals surface area contributed by atoms with Crippen molar-refractivity contribution in [2.75, 3.05) is 26.3 Å². The molecule has 1 aromatic heterocycles. The molecule has 3 heterocycles. The van der Waals surface area contributed by atoms with Gasteiger partial charge in [0.15, 0.2) is 0 Å². The predicted molar refractivity (Wildman–Crippen MR) is 85.5 cm³/mol. The van der Waals surface area contributed by atoms with Crippen molar-refractivity contribution in [1.29, 1.82) is 0 Å². The van der Waals surface area contributed by atoms with Gasteiger partial charge in [0.25, 0.3) is 0 Å². The molecule has 8 heteroatoms. The average molecular weight is 349 g/mol. The van der Waals surface area contributed by atoms with Crippen LogP contribution in [0, 0.1) is 0 Å². The summed E-state index contributed by atoms with van der Waals surface area (Å²) in [6.07, 6.45) is 0. The number of hydrogen-bond acceptors (Lipinski definition) is 6. The maximum atomic E-state index is 12.6. The quantitative estimate of drug-likeness (QED) is 0.826. The van der Waals surface area contributed by atoms with E-state index < -0.39 is 10.0 Å². The summed E-state index contributed by atoms with van der Waals surface area (Å²) in [6.45, 7) is 4.32. The average Bonchev–Trinajstić information content (AvgIpc) is 3.15. The lowest BCUT2D eigenvalue weighted by Crippen LogP contribution is -2.35. The molecule has 0 spiro atoms. The number of benzene rings is 1. The van der Waals surface area contributed by atoms with Crippen LogP contribution in [0.5, 0.6) is 0 Å². The van der Waals surface area contributed by atoms with Crippen molar-refractivity contribution in [3.8, 4) is 0 Å². The first kappa shape index (κ1) is 15.8. The van der Waals surface area contributed by atoms with Crippen LogP contribution in [-0.2, 0) is 34.4 Å². The Morgan fingerprint density at radius 1 is 1.08 bits per heavy atom. The summed E-state index contributed by atoms with van der Waals surface area (Å²) in [5.41, 5.74) is 0.720. The van der Waals surface area contributed by atoms with Crippen LogP contribution >= 0.6 is 0 Å². The second-order valence-corrected chi connectivity index (χ2v) is 7.89. The second kappa shape index (κ2) is 6.29. The number of hydrogen-bond donors (Lipinski definition) is 0. The maximum Gasteiger partial charge on any atom is 0.243 e. The van der Waals surface area contributed by atoms with E-state index in [1.165, 1.54) is 4.31 Å². The molecule has 0 amide bonds. The highest BCUT2D eigenvalue weighted by molar-refractivity contribution is 7.89. The van der Waals surface area contributed by atoms with Crippen molar-refractivity contribution in [3.05, 3.63) is 47.7 Å². The number of morpholine rings is 1. The summed E-state index contributed by atoms with van der Waals surface area (Å²) in [6, 6.07) is 8.45. The molecule has 0 N–H and O–H groups in total. The molecule has 0 saturated carbocycles. The van der Waals surface area contributed by atoms with Crippen molar-refractivity contribution < 1.29 is 17.6 Å². The Bertz CT molecular complexity index is 790. The number of aromatic nitrogens is 1. The molecule has 0 atom stereocenters. The first-order chi connectivity index (χ1) is 11.6. The fourth-order valence-corrected chi connectivity index (χ4v) is 4.38. The Kier molecular flexibility index (Phi) is 4.13. The van der Waals surface area contributed by atoms with Gasteiger partial charge in [0.2, 0.25) is 15.9 Å². The summed E-state index contributed by atoms with van der Waals surface area (Å²) in [7, 11) is -3.51. The van der Waals surface area contributed by atoms with Gasteiger partial charge in [-0.25, -0.2) is 13.4 Å². The highest BCUT2D eigenvalue weighted by Crippen LogP contribution is 2.29. The number of ether oxygens (including phenoxy) is 1. The smallest absolute Gasteiger partial charge is 0.243 e. The lowest BCUT2D eigenvalue weighted by molar-refractivity contribution is 0.0303. The van der Waals surface area contributed by atoms with Crippen LogP contribution in [0.25, 0.3) is 0 Å². The van der Waals surface area contributed by atoms with E-state index in [-0.39, 0.29) is 13.1 Å². The number of sulfonamides is 1. The highest BCUT2D eigenvalue weighted by atomic mass is 32.2. The molecule has 2 aliphatic rings. The Hall–Kier alpha value is -1.74. The summed E-state index contributed by atoms with van der Waals surface area (Å²) in [5.74, 6) is 1.30. The zero-order chi connectivity index (χ0) is 16.6. The van der Waals surface area contributed by atoms with E-state index in [9.17, 15) is 8.42 Å². The van der Waals surface area contributed by atoms with E-state index >= 15 is 0 Å². The summed E-state index contributed by atoms with van der Waals surface area (Å²) >= 11 is 0. The molecule has 0 unspecified atom stereocenters. The summed E-state index contributed by atoms with van der Waals surface area (Å²) < 4.78 is 37.8. The van der Waals surface area contributed by atoms with Gasteiger partial charge in [-0.2, -0.15) is 4.31 Å². The van der Waals surface area contributed by atoms with Gasteiger partial charge in [0, 0.05) is 13.1 Å². The lowest BCUT2D eigenvalue weighted by atomic mass is 10.4. The number of nitrogens with zero attached hydrogens (tertiary/aromatic N) is 3. The molecule has 1 saturated heterocycles. The molecule has 0 radical (unpaired) electrons. The Balaban J connectivity index is 1.46. The van der Waals surface area contributed by atoms with Gasteiger partial charge in [0.1, 0.15) is 5.76 Å². The van der Waals surface area contributed by atoms with E-state index in [0.29, 0.717) is 23.1 Å². The van der Waals surface area contributed by atoms with Gasteiger partial charge in [-0.1, -0.05) is 18.2 Å². The summed E-state index contributed by atoms with van der Waals surface area (Å²) in [5, 5.41) is 0. The third kappa shape index (κ3) is 2.98. The predicted octanol–water partition coefficient (Wildman–Crippen LogP) is 1.21. The van der Waals surface area contributed by atoms with E-state index in [4.69, 9.17) is 9.15 Å². The van der Waals surface area contributed by atoms with Crippen molar-refractivity contribution in [2.45, 2.75) is 24.5 Å². The van der Waals surface area contributed by atoms with E-state index in [2.05, 4.69) is 9.88 Å². The third-order valence-corrected chi connectivity index (χ3v) is 6.12. The molecule has 0 bridgehead atoms. The molecule has 2 aliphatic heterocycles. The van der Waals surface area contributed by atoms with Gasteiger partial charge in [-0.05, 0) is 12.1 Å². The van der Waals surface area contributed by atoms with Crippen LogP contribution in [0.1, 0.15) is 17.3 Å². The Morgan fingerprint density at radius 3 is 2.54 bits per heavy atom. The second-order valence-electron chi connectivity index (χ2n) is 5.95. The van der Waals surface area contributed by atoms with Crippen molar-refractivity contribution in [1.82, 2.24) is 14.2 Å². The van der Waals surface area contributed by atoms with E-state index in [0.717, 1.165) is 32.0 Å². The van der Waals surface area contributed by atoms with Crippen LogP contribution < -0.4 is 0 Å².